The molecule has 0 aromatic rings. The van der Waals surface area contributed by atoms with Crippen LogP contribution < -0.4 is 7.06 Å². The third kappa shape index (κ3) is 3.54. The standard InChI is InChI=1S/C10H17O.C4H6I2N3.U/c1-10(7-11-2)6-8-3-4-9(10)5-8;1-3(5,2-7)4-6(8-4)9-4;/h8-9H,2-7H2,1H3;7-9H,1H3;/q2*-1;+2. The van der Waals surface area contributed by atoms with E-state index >= 15 is 0 Å². The molecule has 2 aliphatic heterocycles. The van der Waals surface area contributed by atoms with Gasteiger partial charge < -0.3 is 4.74 Å². The number of hydrogen-bond acceptors (Lipinski definition) is 4. The average molecular weight is 741 g/mol. The monoisotopic (exact) mass is 741 g/mol. The molecule has 4 atom stereocenters. The van der Waals surface area contributed by atoms with Gasteiger partial charge in [0.05, 0.1) is 0 Å². The molecule has 0 radical (unpaired) electrons. The Hall–Kier alpha value is 2.06. The SMILES string of the molecule is CC(I)([C-]=N)C12NI1N2.[CH2-]OCC1(C)CC2CCC1C2.[U+2]. The van der Waals surface area contributed by atoms with Gasteiger partial charge >= 0.3 is 107 Å². The summed E-state index contributed by atoms with van der Waals surface area (Å²) in [5.41, 5.74) is 0.477. The zero-order valence-electron chi connectivity index (χ0n) is 12.6. The second-order valence-electron chi connectivity index (χ2n) is 6.84. The zero-order valence-corrected chi connectivity index (χ0v) is 21.0. The molecule has 4 rings (SSSR count). The number of hydrogen-bond donors (Lipinski definition) is 3. The van der Waals surface area contributed by atoms with E-state index in [0.717, 1.165) is 18.4 Å². The van der Waals surface area contributed by atoms with Crippen LogP contribution in [0.1, 0.15) is 39.5 Å². The third-order valence-corrected chi connectivity index (χ3v) is 12.2. The quantitative estimate of drug-likeness (QED) is 0.0787. The molecule has 0 aromatic carbocycles. The molecule has 4 unspecified atom stereocenters. The van der Waals surface area contributed by atoms with Crippen LogP contribution in [0.15, 0.2) is 0 Å². The molecule has 118 valence electrons. The normalized spacial score (nSPS) is 41.0. The van der Waals surface area contributed by atoms with Crippen molar-refractivity contribution in [1.82, 2.24) is 7.06 Å². The van der Waals surface area contributed by atoms with Crippen LogP contribution in [0, 0.1) is 60.9 Å². The number of ether oxygens (including phenoxy) is 1. The molecule has 2 bridgehead atoms. The van der Waals surface area contributed by atoms with E-state index in [0.29, 0.717) is 5.41 Å². The van der Waals surface area contributed by atoms with Gasteiger partial charge in [0.15, 0.2) is 0 Å². The topological polar surface area (TPSA) is 77.0 Å². The van der Waals surface area contributed by atoms with Crippen molar-refractivity contribution in [2.75, 3.05) is 6.61 Å². The van der Waals surface area contributed by atoms with Crippen LogP contribution in [0.4, 0.5) is 0 Å². The molecular formula is C14H23I2N3OU. The van der Waals surface area contributed by atoms with Gasteiger partial charge in [0.1, 0.15) is 0 Å². The van der Waals surface area contributed by atoms with Crippen LogP contribution in [0.5, 0.6) is 0 Å². The Bertz CT molecular complexity index is 417. The summed E-state index contributed by atoms with van der Waals surface area (Å²) in [6.07, 6.45) is 8.28. The molecule has 2 saturated carbocycles. The number of rotatable bonds is 4. The van der Waals surface area contributed by atoms with Crippen molar-refractivity contribution in [2.24, 2.45) is 17.3 Å². The maximum absolute atomic E-state index is 7.02. The first kappa shape index (κ1) is 19.4. The Balaban J connectivity index is 0.000000149. The van der Waals surface area contributed by atoms with Crippen LogP contribution in [0.3, 0.4) is 0 Å². The summed E-state index contributed by atoms with van der Waals surface area (Å²) in [5.74, 6) is 1.95. The van der Waals surface area contributed by atoms with Gasteiger partial charge in [0, 0.05) is 6.61 Å². The number of fused-ring (bicyclic) bond motifs is 3. The average Bonchev–Trinajstić information content (AvgIpc) is 3.17. The van der Waals surface area contributed by atoms with E-state index in [1.807, 2.05) is 6.92 Å². The van der Waals surface area contributed by atoms with Crippen molar-refractivity contribution < 1.29 is 35.9 Å². The molecular weight excluding hydrogens is 718 g/mol. The smallest absolute Gasteiger partial charge is 0.555 e. The summed E-state index contributed by atoms with van der Waals surface area (Å²) in [6, 6.07) is 0. The Morgan fingerprint density at radius 2 is 2.14 bits per heavy atom. The molecule has 21 heavy (non-hydrogen) atoms. The fourth-order valence-electron chi connectivity index (χ4n) is 3.80. The third-order valence-electron chi connectivity index (χ3n) is 5.26. The molecule has 2 saturated heterocycles. The largest absolute Gasteiger partial charge is 2.00 e. The first-order chi connectivity index (χ1) is 9.37. The Morgan fingerprint density at radius 1 is 1.52 bits per heavy atom. The molecule has 0 amide bonds. The predicted octanol–water partition coefficient (Wildman–Crippen LogP) is 3.52. The predicted molar refractivity (Wildman–Crippen MR) is 98.0 cm³/mol. The molecule has 4 nitrogen and oxygen atoms in total. The van der Waals surface area contributed by atoms with Gasteiger partial charge in [0.2, 0.25) is 0 Å². The Morgan fingerprint density at radius 3 is 2.43 bits per heavy atom. The van der Waals surface area contributed by atoms with Crippen LogP contribution in [-0.4, -0.2) is 19.9 Å². The van der Waals surface area contributed by atoms with Crippen LogP contribution in [-0.2, 0) is 4.74 Å². The molecule has 0 aromatic heterocycles. The van der Waals surface area contributed by atoms with Crippen molar-refractivity contribution in [2.45, 2.75) is 46.6 Å². The maximum atomic E-state index is 7.02. The van der Waals surface area contributed by atoms with Crippen LogP contribution in [0.25, 0.3) is 0 Å². The van der Waals surface area contributed by atoms with Gasteiger partial charge in [-0.25, -0.2) is 7.11 Å². The Labute approximate surface area is 173 Å². The molecule has 0 spiro atoms. The van der Waals surface area contributed by atoms with E-state index in [1.54, 1.807) is 0 Å². The minimum absolute atomic E-state index is 0. The van der Waals surface area contributed by atoms with Crippen molar-refractivity contribution in [3.05, 3.63) is 7.11 Å². The molecule has 4 aliphatic rings. The first-order valence-corrected chi connectivity index (χ1v) is 11.4. The molecule has 3 N–H and O–H groups in total. The summed E-state index contributed by atoms with van der Waals surface area (Å²) >= 11 is 1.43. The van der Waals surface area contributed by atoms with E-state index in [1.165, 1.54) is 25.7 Å². The maximum Gasteiger partial charge on any atom is 2.00 e. The summed E-state index contributed by atoms with van der Waals surface area (Å²) in [4.78, 5) is 0. The summed E-state index contributed by atoms with van der Waals surface area (Å²) in [5, 5.41) is 7.02. The zero-order chi connectivity index (χ0) is 14.6. The first-order valence-electron chi connectivity index (χ1n) is 7.12. The van der Waals surface area contributed by atoms with Crippen molar-refractivity contribution >= 4 is 49.2 Å². The fraction of sp³-hybridized carbons (Fsp3) is 0.857. The molecule has 4 fully saturated rings. The minimum Gasteiger partial charge on any atom is -0.555 e. The molecule has 2 aliphatic carbocycles. The van der Waals surface area contributed by atoms with E-state index in [-0.39, 0.29) is 38.2 Å². The van der Waals surface area contributed by atoms with Crippen molar-refractivity contribution in [3.63, 3.8) is 0 Å². The number of alkyl halides is 2. The van der Waals surface area contributed by atoms with Gasteiger partial charge in [-0.2, -0.15) is 0 Å². The van der Waals surface area contributed by atoms with Crippen LogP contribution in [0.2, 0.25) is 0 Å². The molecule has 7 heteroatoms. The van der Waals surface area contributed by atoms with Gasteiger partial charge in [-0.15, -0.1) is 0 Å². The number of nitrogens with one attached hydrogen (secondary N) is 3. The second kappa shape index (κ2) is 6.76. The molecule has 2 heterocycles. The van der Waals surface area contributed by atoms with E-state index in [2.05, 4.69) is 49.9 Å². The summed E-state index contributed by atoms with van der Waals surface area (Å²) in [6.45, 7) is 5.27. The fourth-order valence-corrected chi connectivity index (χ4v) is 11.3. The van der Waals surface area contributed by atoms with Crippen LogP contribution >= 0.6 is 43.0 Å². The summed E-state index contributed by atoms with van der Waals surface area (Å²) < 4.78 is 11.8. The van der Waals surface area contributed by atoms with Crippen molar-refractivity contribution in [3.8, 4) is 0 Å². The van der Waals surface area contributed by atoms with Gasteiger partial charge in [-0.1, -0.05) is 13.3 Å². The second-order valence-corrected chi connectivity index (χ2v) is 13.3. The Kier molecular flexibility index (Phi) is 6.24. The van der Waals surface area contributed by atoms with E-state index in [4.69, 9.17) is 10.1 Å². The van der Waals surface area contributed by atoms with E-state index in [9.17, 15) is 0 Å². The van der Waals surface area contributed by atoms with Gasteiger partial charge in [-0.05, 0) is 36.5 Å². The van der Waals surface area contributed by atoms with E-state index < -0.39 is 20.4 Å². The minimum atomic E-state index is -0.839. The van der Waals surface area contributed by atoms with Crippen molar-refractivity contribution in [1.29, 1.82) is 5.41 Å². The van der Waals surface area contributed by atoms with Gasteiger partial charge in [-0.3, -0.25) is 0 Å². The number of halogens is 2. The summed E-state index contributed by atoms with van der Waals surface area (Å²) in [7, 11) is 3.48. The van der Waals surface area contributed by atoms with Gasteiger partial charge in [0.25, 0.3) is 0 Å².